The number of rotatable bonds is 4. The van der Waals surface area contributed by atoms with Gasteiger partial charge in [0.05, 0.1) is 0 Å². The average Bonchev–Trinajstić information content (AvgIpc) is 3.27. The van der Waals surface area contributed by atoms with Crippen LogP contribution in [0.5, 0.6) is 11.5 Å². The van der Waals surface area contributed by atoms with Gasteiger partial charge in [0, 0.05) is 11.8 Å². The number of furan rings is 1. The molecule has 0 bridgehead atoms. The maximum Gasteiger partial charge on any atom is 0.290 e. The number of amides is 1. The van der Waals surface area contributed by atoms with E-state index in [-0.39, 0.29) is 19.0 Å². The van der Waals surface area contributed by atoms with Crippen LogP contribution in [0.3, 0.4) is 0 Å². The minimum absolute atomic E-state index is 0.0232. The SMILES string of the molecule is Cc1ccc(-c2cc(N)c(=O)n(CC(=O)Nc3ccc4c(c3)OCO4)n2)o1. The van der Waals surface area contributed by atoms with Crippen molar-refractivity contribution >= 4 is 17.3 Å². The molecule has 1 aromatic carbocycles. The fourth-order valence-corrected chi connectivity index (χ4v) is 2.67. The molecular weight excluding hydrogens is 352 g/mol. The van der Waals surface area contributed by atoms with Crippen LogP contribution >= 0.6 is 0 Å². The van der Waals surface area contributed by atoms with Gasteiger partial charge < -0.3 is 24.9 Å². The number of nitrogens with two attached hydrogens (primary N) is 1. The van der Waals surface area contributed by atoms with E-state index in [2.05, 4.69) is 10.4 Å². The molecule has 1 aliphatic rings. The van der Waals surface area contributed by atoms with Crippen molar-refractivity contribution in [2.45, 2.75) is 13.5 Å². The molecular formula is C18H16N4O5. The van der Waals surface area contributed by atoms with Crippen LogP contribution in [0.2, 0.25) is 0 Å². The van der Waals surface area contributed by atoms with Crippen molar-refractivity contribution in [1.82, 2.24) is 9.78 Å². The van der Waals surface area contributed by atoms with Gasteiger partial charge in [-0.3, -0.25) is 9.59 Å². The molecule has 3 heterocycles. The average molecular weight is 368 g/mol. The Morgan fingerprint density at radius 3 is 2.81 bits per heavy atom. The van der Waals surface area contributed by atoms with E-state index >= 15 is 0 Å². The number of benzene rings is 1. The third kappa shape index (κ3) is 3.34. The largest absolute Gasteiger partial charge is 0.460 e. The number of nitrogens with zero attached hydrogens (tertiary/aromatic N) is 2. The van der Waals surface area contributed by atoms with Crippen LogP contribution in [0.4, 0.5) is 11.4 Å². The van der Waals surface area contributed by atoms with E-state index < -0.39 is 11.5 Å². The van der Waals surface area contributed by atoms with Crippen LogP contribution in [0, 0.1) is 6.92 Å². The zero-order valence-electron chi connectivity index (χ0n) is 14.4. The van der Waals surface area contributed by atoms with Crippen molar-refractivity contribution in [3.8, 4) is 23.0 Å². The van der Waals surface area contributed by atoms with Gasteiger partial charge in [-0.05, 0) is 37.3 Å². The molecule has 9 heteroatoms. The van der Waals surface area contributed by atoms with E-state index in [9.17, 15) is 9.59 Å². The van der Waals surface area contributed by atoms with Crippen molar-refractivity contribution in [2.24, 2.45) is 0 Å². The molecule has 3 aromatic rings. The monoisotopic (exact) mass is 368 g/mol. The fourth-order valence-electron chi connectivity index (χ4n) is 2.67. The lowest BCUT2D eigenvalue weighted by Gasteiger charge is -2.09. The molecule has 0 saturated carbocycles. The van der Waals surface area contributed by atoms with Gasteiger partial charge in [-0.1, -0.05) is 0 Å². The summed E-state index contributed by atoms with van der Waals surface area (Å²) in [5.41, 5.74) is 6.09. The van der Waals surface area contributed by atoms with Crippen molar-refractivity contribution < 1.29 is 18.7 Å². The van der Waals surface area contributed by atoms with Gasteiger partial charge in [0.1, 0.15) is 23.7 Å². The summed E-state index contributed by atoms with van der Waals surface area (Å²) in [6, 6.07) is 9.94. The Morgan fingerprint density at radius 1 is 1.22 bits per heavy atom. The first-order valence-corrected chi connectivity index (χ1v) is 8.13. The highest BCUT2D eigenvalue weighted by Gasteiger charge is 2.16. The second-order valence-corrected chi connectivity index (χ2v) is 5.97. The third-order valence-corrected chi connectivity index (χ3v) is 3.94. The van der Waals surface area contributed by atoms with E-state index in [0.29, 0.717) is 34.4 Å². The van der Waals surface area contributed by atoms with Crippen LogP contribution in [-0.2, 0) is 11.3 Å². The predicted octanol–water partition coefficient (Wildman–Crippen LogP) is 1.76. The van der Waals surface area contributed by atoms with E-state index in [0.717, 1.165) is 4.68 Å². The lowest BCUT2D eigenvalue weighted by Crippen LogP contribution is -2.31. The second kappa shape index (κ2) is 6.52. The van der Waals surface area contributed by atoms with Crippen LogP contribution < -0.4 is 26.1 Å². The Balaban J connectivity index is 1.55. The quantitative estimate of drug-likeness (QED) is 0.719. The maximum atomic E-state index is 12.4. The van der Waals surface area contributed by atoms with Gasteiger partial charge in [-0.2, -0.15) is 5.10 Å². The minimum Gasteiger partial charge on any atom is -0.460 e. The highest BCUT2D eigenvalue weighted by molar-refractivity contribution is 5.91. The van der Waals surface area contributed by atoms with Gasteiger partial charge in [-0.15, -0.1) is 0 Å². The van der Waals surface area contributed by atoms with Gasteiger partial charge in [-0.25, -0.2) is 4.68 Å². The van der Waals surface area contributed by atoms with Crippen molar-refractivity contribution in [3.63, 3.8) is 0 Å². The van der Waals surface area contributed by atoms with Crippen molar-refractivity contribution in [3.05, 3.63) is 52.5 Å². The van der Waals surface area contributed by atoms with Gasteiger partial charge in [0.15, 0.2) is 17.3 Å². The molecule has 1 amide bonds. The Labute approximate surface area is 153 Å². The van der Waals surface area contributed by atoms with E-state index in [4.69, 9.17) is 19.6 Å². The molecule has 0 radical (unpaired) electrons. The first-order chi connectivity index (χ1) is 13.0. The number of nitrogens with one attached hydrogen (secondary N) is 1. The Morgan fingerprint density at radius 2 is 2.04 bits per heavy atom. The minimum atomic E-state index is -0.553. The summed E-state index contributed by atoms with van der Waals surface area (Å²) in [5, 5.41) is 6.87. The highest BCUT2D eigenvalue weighted by Crippen LogP contribution is 2.34. The van der Waals surface area contributed by atoms with Crippen LogP contribution in [-0.4, -0.2) is 22.5 Å². The molecule has 0 aliphatic carbocycles. The number of aryl methyl sites for hydroxylation is 1. The molecule has 2 aromatic heterocycles. The summed E-state index contributed by atoms with van der Waals surface area (Å²) >= 11 is 0. The van der Waals surface area contributed by atoms with Gasteiger partial charge >= 0.3 is 0 Å². The van der Waals surface area contributed by atoms with Crippen LogP contribution in [0.25, 0.3) is 11.5 Å². The first kappa shape index (κ1) is 16.7. The summed E-state index contributed by atoms with van der Waals surface area (Å²) in [6.07, 6.45) is 0. The summed E-state index contributed by atoms with van der Waals surface area (Å²) in [6.45, 7) is 1.64. The number of anilines is 2. The molecule has 27 heavy (non-hydrogen) atoms. The number of carbonyl (C=O) groups is 1. The molecule has 9 nitrogen and oxygen atoms in total. The van der Waals surface area contributed by atoms with Crippen molar-refractivity contribution in [2.75, 3.05) is 17.8 Å². The lowest BCUT2D eigenvalue weighted by molar-refractivity contribution is -0.117. The summed E-state index contributed by atoms with van der Waals surface area (Å²) in [4.78, 5) is 24.6. The molecule has 3 N–H and O–H groups in total. The Bertz CT molecular complexity index is 1090. The fraction of sp³-hybridized carbons (Fsp3) is 0.167. The van der Waals surface area contributed by atoms with E-state index in [1.165, 1.54) is 6.07 Å². The zero-order valence-corrected chi connectivity index (χ0v) is 14.4. The molecule has 4 rings (SSSR count). The standard InChI is InChI=1S/C18H16N4O5/c1-10-2-4-14(27-10)13-7-12(19)18(24)22(21-13)8-17(23)20-11-3-5-15-16(6-11)26-9-25-15/h2-7H,8-9,19H2,1H3,(H,20,23). The van der Waals surface area contributed by atoms with Crippen molar-refractivity contribution in [1.29, 1.82) is 0 Å². The summed E-state index contributed by atoms with van der Waals surface area (Å²) in [5.74, 6) is 1.88. The topological polar surface area (TPSA) is 122 Å². The number of hydrogen-bond donors (Lipinski definition) is 2. The number of fused-ring (bicyclic) bond motifs is 1. The number of aromatic nitrogens is 2. The first-order valence-electron chi connectivity index (χ1n) is 8.13. The van der Waals surface area contributed by atoms with E-state index in [1.54, 1.807) is 37.3 Å². The zero-order chi connectivity index (χ0) is 19.0. The van der Waals surface area contributed by atoms with E-state index in [1.807, 2.05) is 0 Å². The Hall–Kier alpha value is -3.75. The third-order valence-electron chi connectivity index (χ3n) is 3.94. The molecule has 0 unspecified atom stereocenters. The second-order valence-electron chi connectivity index (χ2n) is 5.97. The molecule has 0 saturated heterocycles. The molecule has 138 valence electrons. The molecule has 0 atom stereocenters. The number of nitrogen functional groups attached to an aromatic ring is 1. The number of carbonyl (C=O) groups excluding carboxylic acids is 1. The van der Waals surface area contributed by atoms with Gasteiger partial charge in [0.2, 0.25) is 12.7 Å². The van der Waals surface area contributed by atoms with Crippen LogP contribution in [0.1, 0.15) is 5.76 Å². The molecule has 1 aliphatic heterocycles. The summed E-state index contributed by atoms with van der Waals surface area (Å²) < 4.78 is 17.0. The number of ether oxygens (including phenoxy) is 2. The highest BCUT2D eigenvalue weighted by atomic mass is 16.7. The lowest BCUT2D eigenvalue weighted by atomic mass is 10.2. The number of hydrogen-bond acceptors (Lipinski definition) is 7. The normalized spacial score (nSPS) is 12.2. The maximum absolute atomic E-state index is 12.4. The smallest absolute Gasteiger partial charge is 0.290 e. The van der Waals surface area contributed by atoms with Crippen LogP contribution in [0.15, 0.2) is 45.6 Å². The molecule has 0 fully saturated rings. The molecule has 0 spiro atoms. The Kier molecular flexibility index (Phi) is 4.03. The summed E-state index contributed by atoms with van der Waals surface area (Å²) in [7, 11) is 0. The van der Waals surface area contributed by atoms with Gasteiger partial charge in [0.25, 0.3) is 5.56 Å². The predicted molar refractivity (Wildman–Crippen MR) is 96.5 cm³/mol.